The van der Waals surface area contributed by atoms with Gasteiger partial charge >= 0.3 is 6.09 Å². The van der Waals surface area contributed by atoms with Crippen LogP contribution >= 0.6 is 0 Å². The highest BCUT2D eigenvalue weighted by Crippen LogP contribution is 2.44. The van der Waals surface area contributed by atoms with Gasteiger partial charge in [0.05, 0.1) is 0 Å². The molecular weight excluding hydrogens is 276 g/mol. The van der Waals surface area contributed by atoms with Crippen LogP contribution in [0, 0.1) is 11.8 Å². The van der Waals surface area contributed by atoms with Crippen molar-refractivity contribution in [3.63, 3.8) is 0 Å². The molecule has 0 aromatic carbocycles. The Kier molecular flexibility index (Phi) is 5.10. The van der Waals surface area contributed by atoms with Crippen LogP contribution in [0.15, 0.2) is 0 Å². The van der Waals surface area contributed by atoms with Crippen LogP contribution in [-0.2, 0) is 4.74 Å². The number of hydrogen-bond acceptors (Lipinski definition) is 3. The average Bonchev–Trinajstić information content (AvgIpc) is 2.92. The zero-order chi connectivity index (χ0) is 16.5. The lowest BCUT2D eigenvalue weighted by molar-refractivity contribution is 0.00635. The van der Waals surface area contributed by atoms with Crippen molar-refractivity contribution < 1.29 is 9.53 Å². The second-order valence-corrected chi connectivity index (χ2v) is 9.04. The third-order valence-corrected chi connectivity index (χ3v) is 4.90. The molecule has 128 valence electrons. The van der Waals surface area contributed by atoms with Crippen LogP contribution in [0.4, 0.5) is 4.79 Å². The normalized spacial score (nSPS) is 28.0. The van der Waals surface area contributed by atoms with E-state index in [0.29, 0.717) is 12.6 Å². The van der Waals surface area contributed by atoms with Gasteiger partial charge in [0.2, 0.25) is 0 Å². The minimum absolute atomic E-state index is 0.213. The van der Waals surface area contributed by atoms with Gasteiger partial charge in [0, 0.05) is 24.7 Å². The quantitative estimate of drug-likeness (QED) is 0.858. The van der Waals surface area contributed by atoms with Crippen LogP contribution in [0.3, 0.4) is 0 Å². The number of fused-ring (bicyclic) bond motifs is 2. The molecule has 4 nitrogen and oxygen atoms in total. The first-order valence-electron chi connectivity index (χ1n) is 8.80. The van der Waals surface area contributed by atoms with Gasteiger partial charge in [-0.3, -0.25) is 0 Å². The van der Waals surface area contributed by atoms with E-state index in [4.69, 9.17) is 4.74 Å². The molecule has 4 heteroatoms. The maximum absolute atomic E-state index is 12.4. The largest absolute Gasteiger partial charge is 0.444 e. The highest BCUT2D eigenvalue weighted by molar-refractivity contribution is 5.69. The van der Waals surface area contributed by atoms with Crippen molar-refractivity contribution in [3.05, 3.63) is 0 Å². The van der Waals surface area contributed by atoms with Crippen molar-refractivity contribution >= 4 is 6.09 Å². The maximum atomic E-state index is 12.4. The number of hydrogen-bond donors (Lipinski definition) is 1. The van der Waals surface area contributed by atoms with E-state index in [-0.39, 0.29) is 11.6 Å². The van der Waals surface area contributed by atoms with Gasteiger partial charge in [-0.05, 0) is 72.6 Å². The van der Waals surface area contributed by atoms with Crippen molar-refractivity contribution in [1.82, 2.24) is 10.2 Å². The Hall–Kier alpha value is -0.770. The Balaban J connectivity index is 1.83. The van der Waals surface area contributed by atoms with E-state index in [9.17, 15) is 4.79 Å². The maximum Gasteiger partial charge on any atom is 0.410 e. The van der Waals surface area contributed by atoms with Crippen molar-refractivity contribution in [2.45, 2.75) is 84.4 Å². The lowest BCUT2D eigenvalue weighted by atomic mass is 9.95. The lowest BCUT2D eigenvalue weighted by Crippen LogP contribution is -2.51. The zero-order valence-corrected chi connectivity index (χ0v) is 15.2. The molecule has 2 bridgehead atoms. The standard InChI is InChI=1S/C18H34N2O2/c1-17(2,3)20(16(21)22-18(4,5)6)10-9-19-15-12-13-7-8-14(15)11-13/h13-15,19H,7-12H2,1-6H3. The number of ether oxygens (including phenoxy) is 1. The second-order valence-electron chi connectivity index (χ2n) is 9.04. The van der Waals surface area contributed by atoms with Crippen LogP contribution in [0.5, 0.6) is 0 Å². The van der Waals surface area contributed by atoms with E-state index in [1.807, 2.05) is 25.7 Å². The Morgan fingerprint density at radius 2 is 1.82 bits per heavy atom. The van der Waals surface area contributed by atoms with Crippen molar-refractivity contribution in [1.29, 1.82) is 0 Å². The average molecular weight is 310 g/mol. The summed E-state index contributed by atoms with van der Waals surface area (Å²) in [5.74, 6) is 1.82. The van der Waals surface area contributed by atoms with Crippen LogP contribution < -0.4 is 5.32 Å². The fraction of sp³-hybridized carbons (Fsp3) is 0.944. The van der Waals surface area contributed by atoms with Crippen LogP contribution in [0.25, 0.3) is 0 Å². The molecule has 2 fully saturated rings. The van der Waals surface area contributed by atoms with Crippen molar-refractivity contribution in [3.8, 4) is 0 Å². The minimum atomic E-state index is -0.446. The van der Waals surface area contributed by atoms with Gasteiger partial charge in [-0.25, -0.2) is 4.79 Å². The van der Waals surface area contributed by atoms with Gasteiger partial charge in [0.15, 0.2) is 0 Å². The summed E-state index contributed by atoms with van der Waals surface area (Å²) in [6, 6.07) is 0.666. The molecule has 3 unspecified atom stereocenters. The molecule has 0 heterocycles. The minimum Gasteiger partial charge on any atom is -0.444 e. The number of carbonyl (C=O) groups is 1. The van der Waals surface area contributed by atoms with Crippen molar-refractivity contribution in [2.24, 2.45) is 11.8 Å². The number of nitrogens with zero attached hydrogens (tertiary/aromatic N) is 1. The van der Waals surface area contributed by atoms with Gasteiger partial charge < -0.3 is 15.0 Å². The van der Waals surface area contributed by atoms with E-state index in [1.54, 1.807) is 0 Å². The molecule has 2 rings (SSSR count). The van der Waals surface area contributed by atoms with E-state index in [2.05, 4.69) is 26.1 Å². The summed E-state index contributed by atoms with van der Waals surface area (Å²) in [5, 5.41) is 3.68. The van der Waals surface area contributed by atoms with Gasteiger partial charge in [-0.2, -0.15) is 0 Å². The predicted octanol–water partition coefficient (Wildman–Crippen LogP) is 3.80. The summed E-state index contributed by atoms with van der Waals surface area (Å²) < 4.78 is 5.56. The second kappa shape index (κ2) is 6.38. The highest BCUT2D eigenvalue weighted by Gasteiger charge is 2.39. The van der Waals surface area contributed by atoms with Crippen LogP contribution in [0.2, 0.25) is 0 Å². The summed E-state index contributed by atoms with van der Waals surface area (Å²) in [7, 11) is 0. The molecule has 0 radical (unpaired) electrons. The van der Waals surface area contributed by atoms with E-state index in [0.717, 1.165) is 18.4 Å². The zero-order valence-electron chi connectivity index (χ0n) is 15.2. The fourth-order valence-corrected chi connectivity index (χ4v) is 3.87. The van der Waals surface area contributed by atoms with Crippen molar-refractivity contribution in [2.75, 3.05) is 13.1 Å². The smallest absolute Gasteiger partial charge is 0.410 e. The van der Waals surface area contributed by atoms with E-state index >= 15 is 0 Å². The third-order valence-electron chi connectivity index (χ3n) is 4.90. The Morgan fingerprint density at radius 3 is 2.27 bits per heavy atom. The number of rotatable bonds is 4. The molecule has 3 atom stereocenters. The first-order valence-corrected chi connectivity index (χ1v) is 8.80. The number of carbonyl (C=O) groups excluding carboxylic acids is 1. The molecule has 0 spiro atoms. The predicted molar refractivity (Wildman–Crippen MR) is 89.9 cm³/mol. The molecule has 0 saturated heterocycles. The highest BCUT2D eigenvalue weighted by atomic mass is 16.6. The fourth-order valence-electron chi connectivity index (χ4n) is 3.87. The monoisotopic (exact) mass is 310 g/mol. The first kappa shape index (κ1) is 17.6. The lowest BCUT2D eigenvalue weighted by Gasteiger charge is -2.37. The van der Waals surface area contributed by atoms with Gasteiger partial charge in [0.1, 0.15) is 5.60 Å². The molecule has 2 saturated carbocycles. The molecule has 0 aromatic rings. The van der Waals surface area contributed by atoms with Gasteiger partial charge in [0.25, 0.3) is 0 Å². The molecule has 2 aliphatic carbocycles. The summed E-state index contributed by atoms with van der Waals surface area (Å²) in [4.78, 5) is 14.3. The number of nitrogens with one attached hydrogen (secondary N) is 1. The molecule has 1 N–H and O–H groups in total. The summed E-state index contributed by atoms with van der Waals surface area (Å²) >= 11 is 0. The Bertz CT molecular complexity index is 395. The Labute approximate surface area is 136 Å². The molecular formula is C18H34N2O2. The first-order chi connectivity index (χ1) is 10.1. The van der Waals surface area contributed by atoms with Crippen LogP contribution in [-0.4, -0.2) is 41.3 Å². The molecule has 22 heavy (non-hydrogen) atoms. The molecule has 1 amide bonds. The number of amides is 1. The summed E-state index contributed by atoms with van der Waals surface area (Å²) in [6.07, 6.45) is 5.33. The SMILES string of the molecule is CC(C)(C)OC(=O)N(CCNC1CC2CCC1C2)C(C)(C)C. The topological polar surface area (TPSA) is 41.6 Å². The molecule has 2 aliphatic rings. The Morgan fingerprint density at radius 1 is 1.14 bits per heavy atom. The molecule has 0 aliphatic heterocycles. The van der Waals surface area contributed by atoms with E-state index in [1.165, 1.54) is 25.7 Å². The van der Waals surface area contributed by atoms with Gasteiger partial charge in [-0.15, -0.1) is 0 Å². The van der Waals surface area contributed by atoms with Crippen LogP contribution in [0.1, 0.15) is 67.2 Å². The third kappa shape index (κ3) is 4.61. The summed E-state index contributed by atoms with van der Waals surface area (Å²) in [5.41, 5.74) is -0.669. The van der Waals surface area contributed by atoms with E-state index < -0.39 is 5.60 Å². The summed E-state index contributed by atoms with van der Waals surface area (Å²) in [6.45, 7) is 13.5. The molecule has 0 aromatic heterocycles. The van der Waals surface area contributed by atoms with Gasteiger partial charge in [-0.1, -0.05) is 6.42 Å².